The smallest absolute Gasteiger partial charge is 0.248 e. The Hall–Kier alpha value is -2.55. The summed E-state index contributed by atoms with van der Waals surface area (Å²) in [6.45, 7) is 6.87. The van der Waals surface area contributed by atoms with Gasteiger partial charge in [-0.3, -0.25) is 4.79 Å². The number of hydrogen-bond donors (Lipinski definition) is 1. The lowest BCUT2D eigenvalue weighted by Gasteiger charge is -2.07. The lowest BCUT2D eigenvalue weighted by Crippen LogP contribution is -2.09. The van der Waals surface area contributed by atoms with Crippen LogP contribution in [0.3, 0.4) is 0 Å². The number of carbonyl (C=O) groups excluding carboxylic acids is 1. The van der Waals surface area contributed by atoms with Crippen molar-refractivity contribution in [1.29, 1.82) is 0 Å². The highest BCUT2D eigenvalue weighted by Gasteiger charge is 2.02. The minimum absolute atomic E-state index is 0.132. The lowest BCUT2D eigenvalue weighted by molar-refractivity contribution is -0.111. The van der Waals surface area contributed by atoms with Gasteiger partial charge in [-0.25, -0.2) is 0 Å². The zero-order chi connectivity index (χ0) is 17.4. The summed E-state index contributed by atoms with van der Waals surface area (Å²) in [5.74, 6) is 0.729. The fourth-order valence-corrected chi connectivity index (χ4v) is 2.23. The molecule has 0 bridgehead atoms. The molecule has 0 aromatic heterocycles. The predicted octanol–water partition coefficient (Wildman–Crippen LogP) is 5.13. The Labute approximate surface area is 144 Å². The number of unbranched alkanes of at least 4 members (excludes halogenated alkanes) is 1. The number of anilines is 1. The van der Waals surface area contributed by atoms with Crippen LogP contribution >= 0.6 is 0 Å². The van der Waals surface area contributed by atoms with E-state index in [0.717, 1.165) is 47.6 Å². The van der Waals surface area contributed by atoms with E-state index in [0.29, 0.717) is 0 Å². The zero-order valence-electron chi connectivity index (χ0n) is 14.6. The van der Waals surface area contributed by atoms with E-state index >= 15 is 0 Å². The van der Waals surface area contributed by atoms with Crippen molar-refractivity contribution in [3.8, 4) is 5.75 Å². The number of hydrogen-bond acceptors (Lipinski definition) is 2. The molecule has 0 saturated heterocycles. The summed E-state index contributed by atoms with van der Waals surface area (Å²) in [4.78, 5) is 12.1. The molecule has 1 amide bonds. The van der Waals surface area contributed by atoms with Crippen molar-refractivity contribution in [1.82, 2.24) is 0 Å². The van der Waals surface area contributed by atoms with Gasteiger partial charge in [0.05, 0.1) is 6.61 Å². The largest absolute Gasteiger partial charge is 0.494 e. The molecule has 0 atom stereocenters. The molecule has 0 saturated carbocycles. The molecule has 3 heteroatoms. The number of aryl methyl sites for hydroxylation is 2. The molecule has 0 aliphatic rings. The second-order valence-corrected chi connectivity index (χ2v) is 5.91. The van der Waals surface area contributed by atoms with Gasteiger partial charge in [0.15, 0.2) is 0 Å². The normalized spacial score (nSPS) is 10.8. The van der Waals surface area contributed by atoms with E-state index in [2.05, 4.69) is 12.2 Å². The van der Waals surface area contributed by atoms with Gasteiger partial charge in [-0.2, -0.15) is 0 Å². The summed E-state index contributed by atoms with van der Waals surface area (Å²) in [7, 11) is 0. The molecule has 2 rings (SSSR count). The van der Waals surface area contributed by atoms with Gasteiger partial charge in [-0.05, 0) is 61.2 Å². The van der Waals surface area contributed by atoms with Crippen molar-refractivity contribution in [3.63, 3.8) is 0 Å². The number of nitrogens with one attached hydrogen (secondary N) is 1. The summed E-state index contributed by atoms with van der Waals surface area (Å²) >= 11 is 0. The molecule has 0 spiro atoms. The van der Waals surface area contributed by atoms with Crippen LogP contribution in [0, 0.1) is 13.8 Å². The van der Waals surface area contributed by atoms with Gasteiger partial charge in [0, 0.05) is 11.8 Å². The molecule has 2 aromatic carbocycles. The van der Waals surface area contributed by atoms with Crippen LogP contribution in [0.1, 0.15) is 36.5 Å². The fourth-order valence-electron chi connectivity index (χ4n) is 2.23. The Morgan fingerprint density at radius 1 is 1.12 bits per heavy atom. The minimum Gasteiger partial charge on any atom is -0.494 e. The molecule has 0 radical (unpaired) electrons. The van der Waals surface area contributed by atoms with Gasteiger partial charge in [-0.1, -0.05) is 37.6 Å². The monoisotopic (exact) mass is 323 g/mol. The highest BCUT2D eigenvalue weighted by molar-refractivity contribution is 6.02. The topological polar surface area (TPSA) is 38.3 Å². The maximum atomic E-state index is 12.1. The van der Waals surface area contributed by atoms with E-state index in [1.165, 1.54) is 0 Å². The Morgan fingerprint density at radius 2 is 1.88 bits per heavy atom. The van der Waals surface area contributed by atoms with Crippen LogP contribution in [0.4, 0.5) is 5.69 Å². The van der Waals surface area contributed by atoms with Crippen molar-refractivity contribution in [2.45, 2.75) is 33.6 Å². The van der Waals surface area contributed by atoms with Crippen LogP contribution in [-0.4, -0.2) is 12.5 Å². The highest BCUT2D eigenvalue weighted by atomic mass is 16.5. The summed E-state index contributed by atoms with van der Waals surface area (Å²) in [6, 6.07) is 13.8. The van der Waals surface area contributed by atoms with Crippen LogP contribution in [0.25, 0.3) is 6.08 Å². The third kappa shape index (κ3) is 5.58. The van der Waals surface area contributed by atoms with Crippen molar-refractivity contribution in [3.05, 3.63) is 65.2 Å². The van der Waals surface area contributed by atoms with Gasteiger partial charge < -0.3 is 10.1 Å². The molecule has 24 heavy (non-hydrogen) atoms. The zero-order valence-corrected chi connectivity index (χ0v) is 14.6. The van der Waals surface area contributed by atoms with Crippen LogP contribution in [0.15, 0.2) is 48.5 Å². The standard InChI is InChI=1S/C21H25NO2/c1-4-5-14-24-19-11-8-18(9-12-19)10-13-21(23)22-20-15-16(2)6-7-17(20)3/h6-13,15H,4-5,14H2,1-3H3,(H,22,23). The van der Waals surface area contributed by atoms with Gasteiger partial charge in [0.25, 0.3) is 0 Å². The van der Waals surface area contributed by atoms with Crippen molar-refractivity contribution in [2.24, 2.45) is 0 Å². The molecular formula is C21H25NO2. The number of ether oxygens (including phenoxy) is 1. The number of rotatable bonds is 7. The average molecular weight is 323 g/mol. The molecule has 0 fully saturated rings. The number of benzene rings is 2. The quantitative estimate of drug-likeness (QED) is 0.566. The molecule has 0 unspecified atom stereocenters. The van der Waals surface area contributed by atoms with Crippen molar-refractivity contribution < 1.29 is 9.53 Å². The molecule has 126 valence electrons. The summed E-state index contributed by atoms with van der Waals surface area (Å²) < 4.78 is 5.63. The third-order valence-electron chi connectivity index (χ3n) is 3.72. The fraction of sp³-hybridized carbons (Fsp3) is 0.286. The Bertz CT molecular complexity index is 702. The molecule has 2 aromatic rings. The van der Waals surface area contributed by atoms with E-state index in [1.54, 1.807) is 12.2 Å². The van der Waals surface area contributed by atoms with E-state index < -0.39 is 0 Å². The lowest BCUT2D eigenvalue weighted by atomic mass is 10.1. The maximum absolute atomic E-state index is 12.1. The SMILES string of the molecule is CCCCOc1ccc(C=CC(=O)Nc2cc(C)ccc2C)cc1. The number of amides is 1. The minimum atomic E-state index is -0.132. The third-order valence-corrected chi connectivity index (χ3v) is 3.72. The molecular weight excluding hydrogens is 298 g/mol. The second-order valence-electron chi connectivity index (χ2n) is 5.91. The molecule has 1 N–H and O–H groups in total. The van der Waals surface area contributed by atoms with Crippen LogP contribution in [0.2, 0.25) is 0 Å². The van der Waals surface area contributed by atoms with Crippen molar-refractivity contribution in [2.75, 3.05) is 11.9 Å². The van der Waals surface area contributed by atoms with Gasteiger partial charge in [0.2, 0.25) is 5.91 Å². The van der Waals surface area contributed by atoms with E-state index in [4.69, 9.17) is 4.74 Å². The van der Waals surface area contributed by atoms with E-state index in [9.17, 15) is 4.79 Å². The predicted molar refractivity (Wildman–Crippen MR) is 100 cm³/mol. The van der Waals surface area contributed by atoms with Crippen LogP contribution in [-0.2, 0) is 4.79 Å². The van der Waals surface area contributed by atoms with Gasteiger partial charge in [-0.15, -0.1) is 0 Å². The van der Waals surface area contributed by atoms with Gasteiger partial charge >= 0.3 is 0 Å². The van der Waals surface area contributed by atoms with Crippen molar-refractivity contribution >= 4 is 17.7 Å². The average Bonchev–Trinajstić information content (AvgIpc) is 2.58. The molecule has 0 heterocycles. The summed E-state index contributed by atoms with van der Waals surface area (Å²) in [5, 5.41) is 2.92. The summed E-state index contributed by atoms with van der Waals surface area (Å²) in [6.07, 6.45) is 5.53. The Balaban J connectivity index is 1.92. The number of carbonyl (C=O) groups is 1. The Morgan fingerprint density at radius 3 is 2.58 bits per heavy atom. The first-order valence-electron chi connectivity index (χ1n) is 8.37. The second kappa shape index (κ2) is 8.92. The molecule has 0 aliphatic heterocycles. The molecule has 0 aliphatic carbocycles. The first-order valence-corrected chi connectivity index (χ1v) is 8.37. The van der Waals surface area contributed by atoms with Crippen LogP contribution in [0.5, 0.6) is 5.75 Å². The van der Waals surface area contributed by atoms with Gasteiger partial charge in [0.1, 0.15) is 5.75 Å². The van der Waals surface area contributed by atoms with E-state index in [1.807, 2.05) is 56.3 Å². The van der Waals surface area contributed by atoms with Crippen LogP contribution < -0.4 is 10.1 Å². The summed E-state index contributed by atoms with van der Waals surface area (Å²) in [5.41, 5.74) is 3.99. The Kier molecular flexibility index (Phi) is 6.62. The highest BCUT2D eigenvalue weighted by Crippen LogP contribution is 2.17. The first-order chi connectivity index (χ1) is 11.6. The maximum Gasteiger partial charge on any atom is 0.248 e. The first kappa shape index (κ1) is 17.8. The van der Waals surface area contributed by atoms with E-state index in [-0.39, 0.29) is 5.91 Å². The molecule has 3 nitrogen and oxygen atoms in total.